The minimum Gasteiger partial charge on any atom is -0.444 e. The minimum atomic E-state index is -0.489. The molecule has 6 nitrogen and oxygen atoms in total. The number of para-hydroxylation sites is 2. The van der Waals surface area contributed by atoms with Gasteiger partial charge in [0.05, 0.1) is 6.04 Å². The number of amides is 1. The van der Waals surface area contributed by atoms with Crippen molar-refractivity contribution in [3.05, 3.63) is 24.3 Å². The standard InChI is InChI=1S/C18H25N3O3/c1-18(2,3)24-17(22)19-12-13-8-6-7-11-21(13)16-20-14-9-4-5-10-15(14)23-16/h4-5,9-10,13H,6-8,11-12H2,1-3H3,(H,19,22)/t13-/m0/s1. The van der Waals surface area contributed by atoms with Gasteiger partial charge in [-0.15, -0.1) is 0 Å². The molecule has 3 rings (SSSR count). The van der Waals surface area contributed by atoms with Crippen LogP contribution in [-0.4, -0.2) is 35.8 Å². The largest absolute Gasteiger partial charge is 0.444 e. The third-order valence-corrected chi connectivity index (χ3v) is 4.04. The van der Waals surface area contributed by atoms with Gasteiger partial charge < -0.3 is 19.4 Å². The predicted octanol–water partition coefficient (Wildman–Crippen LogP) is 3.71. The predicted molar refractivity (Wildman–Crippen MR) is 93.2 cm³/mol. The number of fused-ring (bicyclic) bond motifs is 1. The van der Waals surface area contributed by atoms with Gasteiger partial charge in [-0.3, -0.25) is 0 Å². The summed E-state index contributed by atoms with van der Waals surface area (Å²) in [6.07, 6.45) is 2.85. The van der Waals surface area contributed by atoms with Gasteiger partial charge >= 0.3 is 6.09 Å². The zero-order chi connectivity index (χ0) is 17.2. The van der Waals surface area contributed by atoms with E-state index in [9.17, 15) is 4.79 Å². The number of carbonyl (C=O) groups excluding carboxylic acids is 1. The molecule has 2 heterocycles. The van der Waals surface area contributed by atoms with E-state index in [1.807, 2.05) is 45.0 Å². The van der Waals surface area contributed by atoms with Crippen molar-refractivity contribution < 1.29 is 13.9 Å². The smallest absolute Gasteiger partial charge is 0.407 e. The zero-order valence-corrected chi connectivity index (χ0v) is 14.5. The molecule has 6 heteroatoms. The summed E-state index contributed by atoms with van der Waals surface area (Å²) in [5, 5.41) is 2.87. The number of nitrogens with one attached hydrogen (secondary N) is 1. The lowest BCUT2D eigenvalue weighted by atomic mass is 10.0. The van der Waals surface area contributed by atoms with E-state index in [0.29, 0.717) is 12.6 Å². The average Bonchev–Trinajstić information content (AvgIpc) is 2.95. The number of oxazole rings is 1. The molecule has 1 saturated heterocycles. The summed E-state index contributed by atoms with van der Waals surface area (Å²) in [6.45, 7) is 6.98. The van der Waals surface area contributed by atoms with Crippen LogP contribution in [-0.2, 0) is 4.74 Å². The van der Waals surface area contributed by atoms with Crippen LogP contribution >= 0.6 is 0 Å². The van der Waals surface area contributed by atoms with E-state index in [0.717, 1.165) is 36.9 Å². The molecule has 1 atom stereocenters. The van der Waals surface area contributed by atoms with E-state index < -0.39 is 5.60 Å². The molecular formula is C18H25N3O3. The minimum absolute atomic E-state index is 0.166. The number of aromatic nitrogens is 1. The maximum absolute atomic E-state index is 11.9. The first-order valence-corrected chi connectivity index (χ1v) is 8.51. The zero-order valence-electron chi connectivity index (χ0n) is 14.5. The van der Waals surface area contributed by atoms with Gasteiger partial charge in [-0.25, -0.2) is 4.79 Å². The fourth-order valence-electron chi connectivity index (χ4n) is 2.96. The molecule has 0 saturated carbocycles. The van der Waals surface area contributed by atoms with Crippen molar-refractivity contribution in [2.24, 2.45) is 0 Å². The summed E-state index contributed by atoms with van der Waals surface area (Å²) in [6, 6.07) is 8.55. The lowest BCUT2D eigenvalue weighted by Gasteiger charge is -2.34. The van der Waals surface area contributed by atoms with Crippen LogP contribution in [0, 0.1) is 0 Å². The third-order valence-electron chi connectivity index (χ3n) is 4.04. The average molecular weight is 331 g/mol. The molecule has 0 spiro atoms. The second-order valence-electron chi connectivity index (χ2n) is 7.19. The lowest BCUT2D eigenvalue weighted by molar-refractivity contribution is 0.0522. The van der Waals surface area contributed by atoms with Crippen LogP contribution in [0.25, 0.3) is 11.1 Å². The highest BCUT2D eigenvalue weighted by atomic mass is 16.6. The van der Waals surface area contributed by atoms with E-state index in [2.05, 4.69) is 15.2 Å². The van der Waals surface area contributed by atoms with Crippen molar-refractivity contribution in [3.8, 4) is 0 Å². The number of benzene rings is 1. The highest BCUT2D eigenvalue weighted by Gasteiger charge is 2.27. The first kappa shape index (κ1) is 16.6. The number of hydrogen-bond acceptors (Lipinski definition) is 5. The van der Waals surface area contributed by atoms with E-state index in [-0.39, 0.29) is 12.1 Å². The molecule has 1 amide bonds. The number of ether oxygens (including phenoxy) is 1. The Bertz CT molecular complexity index is 672. The van der Waals surface area contributed by atoms with Crippen LogP contribution in [0.4, 0.5) is 10.8 Å². The molecule has 130 valence electrons. The topological polar surface area (TPSA) is 67.6 Å². The Morgan fingerprint density at radius 2 is 2.17 bits per heavy atom. The number of rotatable bonds is 3. The van der Waals surface area contributed by atoms with Crippen LogP contribution in [0.15, 0.2) is 28.7 Å². The van der Waals surface area contributed by atoms with Gasteiger partial charge in [0.15, 0.2) is 5.58 Å². The van der Waals surface area contributed by atoms with Crippen LogP contribution in [0.2, 0.25) is 0 Å². The maximum atomic E-state index is 11.9. The molecule has 1 aliphatic heterocycles. The molecule has 0 bridgehead atoms. The van der Waals surface area contributed by atoms with E-state index in [4.69, 9.17) is 9.15 Å². The Labute approximate surface area is 142 Å². The van der Waals surface area contributed by atoms with E-state index in [1.165, 1.54) is 0 Å². The summed E-state index contributed by atoms with van der Waals surface area (Å²) in [5.74, 6) is 0. The number of carbonyl (C=O) groups is 1. The van der Waals surface area contributed by atoms with Gasteiger partial charge in [-0.2, -0.15) is 4.98 Å². The van der Waals surface area contributed by atoms with Crippen LogP contribution < -0.4 is 10.2 Å². The molecule has 24 heavy (non-hydrogen) atoms. The Kier molecular flexibility index (Phi) is 4.64. The lowest BCUT2D eigenvalue weighted by Crippen LogP contribution is -2.47. The number of hydrogen-bond donors (Lipinski definition) is 1. The molecule has 1 N–H and O–H groups in total. The second kappa shape index (κ2) is 6.71. The summed E-state index contributed by atoms with van der Waals surface area (Å²) in [4.78, 5) is 18.6. The van der Waals surface area contributed by atoms with Crippen molar-refractivity contribution in [2.45, 2.75) is 51.7 Å². The Morgan fingerprint density at radius 1 is 1.38 bits per heavy atom. The van der Waals surface area contributed by atoms with Crippen molar-refractivity contribution >= 4 is 23.2 Å². The molecule has 1 aliphatic rings. The molecule has 2 aromatic rings. The SMILES string of the molecule is CC(C)(C)OC(=O)NC[C@@H]1CCCCN1c1nc2ccccc2o1. The van der Waals surface area contributed by atoms with Crippen LogP contribution in [0.3, 0.4) is 0 Å². The fraction of sp³-hybridized carbons (Fsp3) is 0.556. The molecule has 0 aliphatic carbocycles. The summed E-state index contributed by atoms with van der Waals surface area (Å²) >= 11 is 0. The van der Waals surface area contributed by atoms with Gasteiger partial charge in [0, 0.05) is 13.1 Å². The molecule has 1 fully saturated rings. The molecule has 0 unspecified atom stereocenters. The molecule has 1 aromatic carbocycles. The monoisotopic (exact) mass is 331 g/mol. The van der Waals surface area contributed by atoms with Crippen LogP contribution in [0.1, 0.15) is 40.0 Å². The van der Waals surface area contributed by atoms with Gasteiger partial charge in [-0.05, 0) is 52.2 Å². The molecule has 1 aromatic heterocycles. The van der Waals surface area contributed by atoms with Crippen molar-refractivity contribution in [1.29, 1.82) is 0 Å². The maximum Gasteiger partial charge on any atom is 0.407 e. The molecular weight excluding hydrogens is 306 g/mol. The van der Waals surface area contributed by atoms with Gasteiger partial charge in [0.25, 0.3) is 6.01 Å². The first-order chi connectivity index (χ1) is 11.4. The summed E-state index contributed by atoms with van der Waals surface area (Å²) in [5.41, 5.74) is 1.16. The van der Waals surface area contributed by atoms with Crippen molar-refractivity contribution in [3.63, 3.8) is 0 Å². The Morgan fingerprint density at radius 3 is 2.92 bits per heavy atom. The Hall–Kier alpha value is -2.24. The number of nitrogens with zero attached hydrogens (tertiary/aromatic N) is 2. The van der Waals surface area contributed by atoms with Gasteiger partial charge in [0.1, 0.15) is 11.1 Å². The van der Waals surface area contributed by atoms with Crippen molar-refractivity contribution in [1.82, 2.24) is 10.3 Å². The summed E-state index contributed by atoms with van der Waals surface area (Å²) in [7, 11) is 0. The van der Waals surface area contributed by atoms with Crippen molar-refractivity contribution in [2.75, 3.05) is 18.0 Å². The number of piperidine rings is 1. The quantitative estimate of drug-likeness (QED) is 0.928. The normalized spacial score (nSPS) is 18.6. The number of alkyl carbamates (subject to hydrolysis) is 1. The van der Waals surface area contributed by atoms with E-state index >= 15 is 0 Å². The van der Waals surface area contributed by atoms with Gasteiger partial charge in [-0.1, -0.05) is 12.1 Å². The van der Waals surface area contributed by atoms with Gasteiger partial charge in [0.2, 0.25) is 0 Å². The first-order valence-electron chi connectivity index (χ1n) is 8.51. The number of anilines is 1. The molecule has 0 radical (unpaired) electrons. The van der Waals surface area contributed by atoms with Crippen LogP contribution in [0.5, 0.6) is 0 Å². The van der Waals surface area contributed by atoms with E-state index in [1.54, 1.807) is 0 Å². The highest BCUT2D eigenvalue weighted by molar-refractivity contribution is 5.74. The highest BCUT2D eigenvalue weighted by Crippen LogP contribution is 2.27. The fourth-order valence-corrected chi connectivity index (χ4v) is 2.96. The summed E-state index contributed by atoms with van der Waals surface area (Å²) < 4.78 is 11.2. The Balaban J connectivity index is 1.68. The third kappa shape index (κ3) is 3.99. The second-order valence-corrected chi connectivity index (χ2v) is 7.19.